The fraction of sp³-hybridized carbons (Fsp3) is 0.222. The van der Waals surface area contributed by atoms with Crippen LogP contribution in [0.2, 0.25) is 0 Å². The topological polar surface area (TPSA) is 58.6 Å². The molecule has 0 aliphatic carbocycles. The zero-order valence-electron chi connectivity index (χ0n) is 13.6. The van der Waals surface area contributed by atoms with Crippen LogP contribution < -0.4 is 5.32 Å². The van der Waals surface area contributed by atoms with E-state index in [0.29, 0.717) is 17.8 Å². The van der Waals surface area contributed by atoms with Gasteiger partial charge in [-0.15, -0.1) is 0 Å². The van der Waals surface area contributed by atoms with Crippen LogP contribution in [0.25, 0.3) is 0 Å². The van der Waals surface area contributed by atoms with E-state index in [1.165, 1.54) is 19.2 Å². The van der Waals surface area contributed by atoms with Crippen LogP contribution in [0.15, 0.2) is 48.5 Å². The number of methoxy groups -OCH3 is 1. The predicted molar refractivity (Wildman–Crippen MR) is 89.1 cm³/mol. The number of benzene rings is 2. The quantitative estimate of drug-likeness (QED) is 0.828. The van der Waals surface area contributed by atoms with E-state index in [2.05, 4.69) is 5.32 Å². The maximum Gasteiger partial charge on any atom is 0.339 e. The van der Waals surface area contributed by atoms with Crippen molar-refractivity contribution in [2.24, 2.45) is 0 Å². The second kappa shape index (κ2) is 8.21. The number of likely N-dealkylation sites (N-methyl/N-ethyl adjacent to an activating group) is 1. The van der Waals surface area contributed by atoms with E-state index < -0.39 is 5.97 Å². The Morgan fingerprint density at radius 1 is 1.17 bits per heavy atom. The van der Waals surface area contributed by atoms with Gasteiger partial charge in [-0.3, -0.25) is 9.69 Å². The van der Waals surface area contributed by atoms with Crippen LogP contribution in [-0.4, -0.2) is 37.5 Å². The predicted octanol–water partition coefficient (Wildman–Crippen LogP) is 2.68. The van der Waals surface area contributed by atoms with E-state index in [-0.39, 0.29) is 18.3 Å². The number of carbonyl (C=O) groups is 2. The maximum absolute atomic E-state index is 13.2. The first-order chi connectivity index (χ1) is 11.5. The third-order valence-corrected chi connectivity index (χ3v) is 3.36. The summed E-state index contributed by atoms with van der Waals surface area (Å²) in [5, 5.41) is 2.70. The summed E-state index contributed by atoms with van der Waals surface area (Å²) in [6, 6.07) is 12.9. The molecule has 5 nitrogen and oxygen atoms in total. The number of para-hydroxylation sites is 1. The van der Waals surface area contributed by atoms with Crippen LogP contribution in [-0.2, 0) is 16.1 Å². The highest BCUT2D eigenvalue weighted by atomic mass is 19.1. The van der Waals surface area contributed by atoms with Crippen LogP contribution in [0.5, 0.6) is 0 Å². The molecule has 6 heteroatoms. The number of ether oxygens (including phenoxy) is 1. The Labute approximate surface area is 140 Å². The number of nitrogens with zero attached hydrogens (tertiary/aromatic N) is 1. The van der Waals surface area contributed by atoms with E-state index >= 15 is 0 Å². The molecular weight excluding hydrogens is 311 g/mol. The minimum Gasteiger partial charge on any atom is -0.465 e. The molecule has 0 bridgehead atoms. The van der Waals surface area contributed by atoms with Crippen molar-refractivity contribution in [3.05, 3.63) is 65.5 Å². The lowest BCUT2D eigenvalue weighted by atomic mass is 10.1. The Morgan fingerprint density at radius 3 is 2.62 bits per heavy atom. The summed E-state index contributed by atoms with van der Waals surface area (Å²) in [5.74, 6) is -1.10. The van der Waals surface area contributed by atoms with Crippen molar-refractivity contribution in [3.8, 4) is 0 Å². The molecular formula is C18H19FN2O3. The van der Waals surface area contributed by atoms with E-state index in [4.69, 9.17) is 4.74 Å². The molecule has 0 radical (unpaired) electrons. The Bertz CT molecular complexity index is 734. The minimum absolute atomic E-state index is 0.103. The number of carbonyl (C=O) groups excluding carboxylic acids is 2. The lowest BCUT2D eigenvalue weighted by Gasteiger charge is -2.17. The molecule has 0 fully saturated rings. The van der Waals surface area contributed by atoms with Crippen molar-refractivity contribution in [2.45, 2.75) is 6.54 Å². The number of amides is 1. The monoisotopic (exact) mass is 330 g/mol. The highest BCUT2D eigenvalue weighted by Gasteiger charge is 2.14. The van der Waals surface area contributed by atoms with Gasteiger partial charge in [-0.2, -0.15) is 0 Å². The Morgan fingerprint density at radius 2 is 1.92 bits per heavy atom. The largest absolute Gasteiger partial charge is 0.465 e. The smallest absolute Gasteiger partial charge is 0.339 e. The molecule has 2 rings (SSSR count). The summed E-state index contributed by atoms with van der Waals surface area (Å²) < 4.78 is 17.9. The normalized spacial score (nSPS) is 10.5. The molecule has 1 N–H and O–H groups in total. The summed E-state index contributed by atoms with van der Waals surface area (Å²) in [6.45, 7) is 0.538. The lowest BCUT2D eigenvalue weighted by Crippen LogP contribution is -2.30. The zero-order valence-corrected chi connectivity index (χ0v) is 13.6. The van der Waals surface area contributed by atoms with Crippen molar-refractivity contribution in [1.82, 2.24) is 4.90 Å². The Kier molecular flexibility index (Phi) is 6.03. The fourth-order valence-corrected chi connectivity index (χ4v) is 2.32. The highest BCUT2D eigenvalue weighted by Crippen LogP contribution is 2.16. The third kappa shape index (κ3) is 4.89. The fourth-order valence-electron chi connectivity index (χ4n) is 2.32. The number of rotatable bonds is 6. The first kappa shape index (κ1) is 17.6. The summed E-state index contributed by atoms with van der Waals surface area (Å²) in [7, 11) is 3.05. The second-order valence-corrected chi connectivity index (χ2v) is 5.39. The van der Waals surface area contributed by atoms with Crippen molar-refractivity contribution in [2.75, 3.05) is 26.0 Å². The number of halogens is 1. The van der Waals surface area contributed by atoms with Crippen molar-refractivity contribution < 1.29 is 18.7 Å². The number of anilines is 1. The summed E-state index contributed by atoms with van der Waals surface area (Å²) in [6.07, 6.45) is 0. The van der Waals surface area contributed by atoms with Gasteiger partial charge in [0.25, 0.3) is 0 Å². The van der Waals surface area contributed by atoms with Crippen LogP contribution in [0.3, 0.4) is 0 Å². The van der Waals surface area contributed by atoms with Gasteiger partial charge in [0.1, 0.15) is 5.82 Å². The molecule has 0 atom stereocenters. The zero-order chi connectivity index (χ0) is 17.5. The van der Waals surface area contributed by atoms with E-state index in [1.807, 2.05) is 0 Å². The van der Waals surface area contributed by atoms with Gasteiger partial charge in [0.05, 0.1) is 24.9 Å². The highest BCUT2D eigenvalue weighted by molar-refractivity contribution is 6.01. The van der Waals surface area contributed by atoms with Gasteiger partial charge in [0.15, 0.2) is 0 Å². The van der Waals surface area contributed by atoms with Crippen LogP contribution >= 0.6 is 0 Å². The molecule has 126 valence electrons. The van der Waals surface area contributed by atoms with Crippen LogP contribution in [0, 0.1) is 5.82 Å². The summed E-state index contributed by atoms with van der Waals surface area (Å²) >= 11 is 0. The number of esters is 1. The summed E-state index contributed by atoms with van der Waals surface area (Å²) in [4.78, 5) is 25.6. The van der Waals surface area contributed by atoms with Gasteiger partial charge >= 0.3 is 5.97 Å². The van der Waals surface area contributed by atoms with E-state index in [1.54, 1.807) is 48.3 Å². The Balaban J connectivity index is 1.97. The van der Waals surface area contributed by atoms with Gasteiger partial charge in [0.2, 0.25) is 5.91 Å². The molecule has 2 aromatic carbocycles. The van der Waals surface area contributed by atoms with Crippen molar-refractivity contribution in [1.29, 1.82) is 0 Å². The number of nitrogens with one attached hydrogen (secondary N) is 1. The van der Waals surface area contributed by atoms with Gasteiger partial charge in [0, 0.05) is 6.54 Å². The maximum atomic E-state index is 13.2. The molecule has 2 aromatic rings. The molecule has 0 saturated heterocycles. The average molecular weight is 330 g/mol. The molecule has 0 aliphatic heterocycles. The van der Waals surface area contributed by atoms with E-state index in [0.717, 1.165) is 5.56 Å². The van der Waals surface area contributed by atoms with Gasteiger partial charge in [-0.25, -0.2) is 9.18 Å². The molecule has 0 unspecified atom stereocenters. The number of hydrogen-bond acceptors (Lipinski definition) is 4. The molecule has 0 aromatic heterocycles. The molecule has 0 heterocycles. The lowest BCUT2D eigenvalue weighted by molar-refractivity contribution is -0.117. The van der Waals surface area contributed by atoms with Crippen molar-refractivity contribution in [3.63, 3.8) is 0 Å². The summed E-state index contributed by atoms with van der Waals surface area (Å²) in [5.41, 5.74) is 1.47. The molecule has 0 saturated carbocycles. The first-order valence-electron chi connectivity index (χ1n) is 7.40. The molecule has 0 spiro atoms. The van der Waals surface area contributed by atoms with Crippen molar-refractivity contribution >= 4 is 17.6 Å². The van der Waals surface area contributed by atoms with Gasteiger partial charge < -0.3 is 10.1 Å². The van der Waals surface area contributed by atoms with Crippen LogP contribution in [0.4, 0.5) is 10.1 Å². The molecule has 0 aliphatic rings. The second-order valence-electron chi connectivity index (χ2n) is 5.39. The minimum atomic E-state index is -0.515. The van der Waals surface area contributed by atoms with Gasteiger partial charge in [-0.1, -0.05) is 24.3 Å². The van der Waals surface area contributed by atoms with E-state index in [9.17, 15) is 14.0 Å². The number of hydrogen-bond donors (Lipinski definition) is 1. The molecule has 1 amide bonds. The third-order valence-electron chi connectivity index (χ3n) is 3.36. The first-order valence-corrected chi connectivity index (χ1v) is 7.40. The average Bonchev–Trinajstić information content (AvgIpc) is 2.54. The molecule has 24 heavy (non-hydrogen) atoms. The standard InChI is InChI=1S/C18H19FN2O3/c1-21(11-13-6-5-7-14(19)10-13)12-17(22)20-16-9-4-3-8-15(16)18(23)24-2/h3-10H,11-12H2,1-2H3,(H,20,22). The SMILES string of the molecule is COC(=O)c1ccccc1NC(=O)CN(C)Cc1cccc(F)c1. The van der Waals surface area contributed by atoms with Gasteiger partial charge in [-0.05, 0) is 36.9 Å². The van der Waals surface area contributed by atoms with Crippen LogP contribution in [0.1, 0.15) is 15.9 Å². The Hall–Kier alpha value is -2.73.